The highest BCUT2D eigenvalue weighted by atomic mass is 16.4. The molecular formula is C12H13NO4. The topological polar surface area (TPSA) is 76.5 Å². The van der Waals surface area contributed by atoms with E-state index in [9.17, 15) is 4.79 Å². The third-order valence-electron chi connectivity index (χ3n) is 2.37. The lowest BCUT2D eigenvalue weighted by Crippen LogP contribution is -2.01. The number of oxazole rings is 1. The van der Waals surface area contributed by atoms with Gasteiger partial charge in [0.25, 0.3) is 0 Å². The van der Waals surface area contributed by atoms with E-state index in [1.165, 1.54) is 6.26 Å². The lowest BCUT2D eigenvalue weighted by molar-refractivity contribution is 0.0661. The first-order valence-corrected chi connectivity index (χ1v) is 5.28. The van der Waals surface area contributed by atoms with Crippen LogP contribution in [0.3, 0.4) is 0 Å². The van der Waals surface area contributed by atoms with Gasteiger partial charge in [0.05, 0.1) is 11.3 Å². The Kier molecular flexibility index (Phi) is 2.75. The maximum absolute atomic E-state index is 11.0. The number of nitrogens with zero attached hydrogens (tertiary/aromatic N) is 1. The summed E-state index contributed by atoms with van der Waals surface area (Å²) in [5, 5.41) is 9.02. The molecule has 0 fully saturated rings. The van der Waals surface area contributed by atoms with Crippen LogP contribution in [0.15, 0.2) is 21.2 Å². The van der Waals surface area contributed by atoms with Crippen LogP contribution in [0.2, 0.25) is 0 Å². The summed E-state index contributed by atoms with van der Waals surface area (Å²) in [5.41, 5.74) is 1.10. The van der Waals surface area contributed by atoms with E-state index in [1.54, 1.807) is 13.0 Å². The molecule has 0 unspecified atom stereocenters. The molecule has 0 saturated carbocycles. The van der Waals surface area contributed by atoms with Gasteiger partial charge in [-0.15, -0.1) is 0 Å². The average Bonchev–Trinajstić information content (AvgIpc) is 2.82. The number of rotatable bonds is 3. The van der Waals surface area contributed by atoms with Crippen LogP contribution in [0.4, 0.5) is 0 Å². The third-order valence-corrected chi connectivity index (χ3v) is 2.37. The predicted octanol–water partition coefficient (Wildman–Crippen LogP) is 3.06. The minimum atomic E-state index is -1.10. The first-order chi connectivity index (χ1) is 7.99. The quantitative estimate of drug-likeness (QED) is 0.884. The van der Waals surface area contributed by atoms with Crippen molar-refractivity contribution in [2.45, 2.75) is 26.7 Å². The fourth-order valence-electron chi connectivity index (χ4n) is 1.56. The molecule has 0 radical (unpaired) electrons. The molecule has 5 heteroatoms. The fraction of sp³-hybridized carbons (Fsp3) is 0.333. The molecule has 2 aromatic rings. The van der Waals surface area contributed by atoms with Gasteiger partial charge in [0.1, 0.15) is 12.0 Å². The molecule has 0 saturated heterocycles. The standard InChI is InChI=1S/C12H13NO4/c1-6(2)9-10(12(14)15)17-11(13-9)8-4-7(3)16-5-8/h4-6H,1-3H3,(H,14,15). The minimum absolute atomic E-state index is 0.00778. The summed E-state index contributed by atoms with van der Waals surface area (Å²) in [6.07, 6.45) is 1.50. The van der Waals surface area contributed by atoms with Gasteiger partial charge in [-0.05, 0) is 18.9 Å². The lowest BCUT2D eigenvalue weighted by Gasteiger charge is -1.98. The summed E-state index contributed by atoms with van der Waals surface area (Å²) in [4.78, 5) is 15.2. The van der Waals surface area contributed by atoms with Crippen LogP contribution in [0.1, 0.15) is 41.8 Å². The van der Waals surface area contributed by atoms with Gasteiger partial charge < -0.3 is 13.9 Å². The van der Waals surface area contributed by atoms with Crippen LogP contribution in [0, 0.1) is 6.92 Å². The normalized spacial score (nSPS) is 11.1. The van der Waals surface area contributed by atoms with Crippen molar-refractivity contribution >= 4 is 5.97 Å². The van der Waals surface area contributed by atoms with Crippen molar-refractivity contribution < 1.29 is 18.7 Å². The Morgan fingerprint density at radius 2 is 2.18 bits per heavy atom. The van der Waals surface area contributed by atoms with E-state index in [1.807, 2.05) is 13.8 Å². The van der Waals surface area contributed by atoms with Crippen LogP contribution in [0.5, 0.6) is 0 Å². The van der Waals surface area contributed by atoms with Crippen molar-refractivity contribution in [1.82, 2.24) is 4.98 Å². The Hall–Kier alpha value is -2.04. The molecule has 0 bridgehead atoms. The summed E-state index contributed by atoms with van der Waals surface area (Å²) < 4.78 is 10.4. The molecule has 0 spiro atoms. The van der Waals surface area contributed by atoms with Gasteiger partial charge in [-0.2, -0.15) is 0 Å². The van der Waals surface area contributed by atoms with E-state index in [-0.39, 0.29) is 17.6 Å². The van der Waals surface area contributed by atoms with E-state index in [4.69, 9.17) is 13.9 Å². The Bertz CT molecular complexity index is 551. The number of carboxylic acids is 1. The number of aromatic carboxylic acids is 1. The first-order valence-electron chi connectivity index (χ1n) is 5.28. The molecule has 0 aliphatic rings. The second kappa shape index (κ2) is 4.08. The minimum Gasteiger partial charge on any atom is -0.475 e. The van der Waals surface area contributed by atoms with Crippen LogP contribution in [-0.4, -0.2) is 16.1 Å². The van der Waals surface area contributed by atoms with Crippen LogP contribution >= 0.6 is 0 Å². The number of carboxylic acid groups (broad SMARTS) is 1. The third kappa shape index (κ3) is 2.08. The highest BCUT2D eigenvalue weighted by Crippen LogP contribution is 2.27. The molecule has 2 rings (SSSR count). The zero-order chi connectivity index (χ0) is 12.6. The van der Waals surface area contributed by atoms with E-state index >= 15 is 0 Å². The van der Waals surface area contributed by atoms with Crippen molar-refractivity contribution in [2.24, 2.45) is 0 Å². The Labute approximate surface area is 98.1 Å². The maximum Gasteiger partial charge on any atom is 0.373 e. The molecule has 0 aromatic carbocycles. The molecular weight excluding hydrogens is 222 g/mol. The summed E-state index contributed by atoms with van der Waals surface area (Å²) in [7, 11) is 0. The van der Waals surface area contributed by atoms with Crippen molar-refractivity contribution in [1.29, 1.82) is 0 Å². The van der Waals surface area contributed by atoms with E-state index in [0.29, 0.717) is 11.3 Å². The zero-order valence-corrected chi connectivity index (χ0v) is 9.85. The van der Waals surface area contributed by atoms with Crippen molar-refractivity contribution in [3.05, 3.63) is 29.5 Å². The number of aryl methyl sites for hydroxylation is 1. The summed E-state index contributed by atoms with van der Waals surface area (Å²) in [5.74, 6) is -0.211. The highest BCUT2D eigenvalue weighted by molar-refractivity contribution is 5.86. The number of hydrogen-bond acceptors (Lipinski definition) is 4. The van der Waals surface area contributed by atoms with Gasteiger partial charge in [0.15, 0.2) is 0 Å². The zero-order valence-electron chi connectivity index (χ0n) is 9.85. The van der Waals surface area contributed by atoms with Gasteiger partial charge in [0.2, 0.25) is 11.7 Å². The molecule has 2 aromatic heterocycles. The SMILES string of the molecule is Cc1cc(-c2nc(C(C)C)c(C(=O)O)o2)co1. The van der Waals surface area contributed by atoms with Gasteiger partial charge in [-0.3, -0.25) is 0 Å². The van der Waals surface area contributed by atoms with Crippen molar-refractivity contribution in [2.75, 3.05) is 0 Å². The number of furan rings is 1. The van der Waals surface area contributed by atoms with E-state index < -0.39 is 5.97 Å². The Morgan fingerprint density at radius 3 is 2.59 bits per heavy atom. The van der Waals surface area contributed by atoms with Gasteiger partial charge in [-0.25, -0.2) is 9.78 Å². The molecule has 90 valence electrons. The molecule has 0 amide bonds. The monoisotopic (exact) mass is 235 g/mol. The lowest BCUT2D eigenvalue weighted by atomic mass is 10.1. The van der Waals surface area contributed by atoms with Crippen molar-refractivity contribution in [3.63, 3.8) is 0 Å². The first kappa shape index (κ1) is 11.4. The maximum atomic E-state index is 11.0. The van der Waals surface area contributed by atoms with Crippen LogP contribution < -0.4 is 0 Å². The molecule has 0 aliphatic heterocycles. The van der Waals surface area contributed by atoms with Gasteiger partial charge in [0, 0.05) is 0 Å². The van der Waals surface area contributed by atoms with E-state index in [0.717, 1.165) is 5.76 Å². The second-order valence-electron chi connectivity index (χ2n) is 4.14. The van der Waals surface area contributed by atoms with Gasteiger partial charge in [-0.1, -0.05) is 13.8 Å². The summed E-state index contributed by atoms with van der Waals surface area (Å²) in [6.45, 7) is 5.54. The summed E-state index contributed by atoms with van der Waals surface area (Å²) in [6, 6.07) is 1.75. The highest BCUT2D eigenvalue weighted by Gasteiger charge is 2.22. The second-order valence-corrected chi connectivity index (χ2v) is 4.14. The molecule has 0 aliphatic carbocycles. The molecule has 2 heterocycles. The smallest absolute Gasteiger partial charge is 0.373 e. The number of hydrogen-bond donors (Lipinski definition) is 1. The number of aromatic nitrogens is 1. The van der Waals surface area contributed by atoms with Crippen LogP contribution in [-0.2, 0) is 0 Å². The Balaban J connectivity index is 2.50. The predicted molar refractivity (Wildman–Crippen MR) is 60.0 cm³/mol. The van der Waals surface area contributed by atoms with Gasteiger partial charge >= 0.3 is 5.97 Å². The Morgan fingerprint density at radius 1 is 1.47 bits per heavy atom. The van der Waals surface area contributed by atoms with E-state index in [2.05, 4.69) is 4.98 Å². The molecule has 1 N–H and O–H groups in total. The number of carbonyl (C=O) groups is 1. The molecule has 0 atom stereocenters. The fourth-order valence-corrected chi connectivity index (χ4v) is 1.56. The average molecular weight is 235 g/mol. The summed E-state index contributed by atoms with van der Waals surface area (Å²) >= 11 is 0. The molecule has 17 heavy (non-hydrogen) atoms. The van der Waals surface area contributed by atoms with Crippen molar-refractivity contribution in [3.8, 4) is 11.5 Å². The molecule has 5 nitrogen and oxygen atoms in total. The van der Waals surface area contributed by atoms with Crippen LogP contribution in [0.25, 0.3) is 11.5 Å². The largest absolute Gasteiger partial charge is 0.475 e.